The molecule has 0 saturated carbocycles. The zero-order chi connectivity index (χ0) is 19.5. The monoisotopic (exact) mass is 386 g/mol. The second kappa shape index (κ2) is 7.95. The van der Waals surface area contributed by atoms with Gasteiger partial charge in [-0.3, -0.25) is 4.79 Å². The molecule has 0 unspecified atom stereocenters. The maximum absolute atomic E-state index is 11.6. The fourth-order valence-electron chi connectivity index (χ4n) is 3.17. The van der Waals surface area contributed by atoms with Crippen molar-refractivity contribution >= 4 is 17.8 Å². The standard InChI is InChI=1S/C18H22N6O4/c19-15(26)13-11-12(1-2-14(13)25)16-20-17(23-3-7-27-8-4-23)22-18(21-16)24-5-9-28-10-6-24/h1-2,11,25H,3-10H2,(H2,19,26). The molecule has 2 fully saturated rings. The minimum atomic E-state index is -0.713. The summed E-state index contributed by atoms with van der Waals surface area (Å²) in [5, 5.41) is 9.87. The first kappa shape index (κ1) is 18.4. The lowest BCUT2D eigenvalue weighted by Gasteiger charge is -2.30. The summed E-state index contributed by atoms with van der Waals surface area (Å²) in [7, 11) is 0. The number of carbonyl (C=O) groups is 1. The number of carbonyl (C=O) groups excluding carboxylic acids is 1. The Kier molecular flexibility index (Phi) is 5.22. The normalized spacial score (nSPS) is 17.6. The van der Waals surface area contributed by atoms with E-state index in [9.17, 15) is 9.90 Å². The van der Waals surface area contributed by atoms with Gasteiger partial charge < -0.3 is 30.1 Å². The number of primary amides is 1. The Morgan fingerprint density at radius 3 is 1.96 bits per heavy atom. The SMILES string of the molecule is NC(=O)c1cc(-c2nc(N3CCOCC3)nc(N3CCOCC3)n2)ccc1O. The van der Waals surface area contributed by atoms with Gasteiger partial charge in [0.1, 0.15) is 5.75 Å². The van der Waals surface area contributed by atoms with E-state index >= 15 is 0 Å². The number of benzene rings is 1. The summed E-state index contributed by atoms with van der Waals surface area (Å²) in [5.41, 5.74) is 5.97. The van der Waals surface area contributed by atoms with Crippen LogP contribution in [0, 0.1) is 0 Å². The van der Waals surface area contributed by atoms with Crippen LogP contribution in [-0.2, 0) is 9.47 Å². The van der Waals surface area contributed by atoms with Crippen LogP contribution in [0.5, 0.6) is 5.75 Å². The lowest BCUT2D eigenvalue weighted by Crippen LogP contribution is -2.40. The maximum Gasteiger partial charge on any atom is 0.252 e. The summed E-state index contributed by atoms with van der Waals surface area (Å²) in [4.78, 5) is 29.6. The first-order valence-corrected chi connectivity index (χ1v) is 9.16. The van der Waals surface area contributed by atoms with Crippen LogP contribution in [0.4, 0.5) is 11.9 Å². The van der Waals surface area contributed by atoms with Crippen molar-refractivity contribution in [2.45, 2.75) is 0 Å². The number of nitrogens with two attached hydrogens (primary N) is 1. The number of ether oxygens (including phenoxy) is 2. The zero-order valence-corrected chi connectivity index (χ0v) is 15.4. The summed E-state index contributed by atoms with van der Waals surface area (Å²) < 4.78 is 10.8. The average molecular weight is 386 g/mol. The Balaban J connectivity index is 1.77. The van der Waals surface area contributed by atoms with E-state index < -0.39 is 5.91 Å². The first-order valence-electron chi connectivity index (χ1n) is 9.16. The number of rotatable bonds is 4. The molecule has 28 heavy (non-hydrogen) atoms. The highest BCUT2D eigenvalue weighted by Crippen LogP contribution is 2.26. The van der Waals surface area contributed by atoms with Gasteiger partial charge in [0.05, 0.1) is 32.0 Å². The van der Waals surface area contributed by atoms with E-state index in [1.807, 2.05) is 9.80 Å². The number of hydrogen-bond acceptors (Lipinski definition) is 9. The predicted molar refractivity (Wildman–Crippen MR) is 102 cm³/mol. The van der Waals surface area contributed by atoms with Crippen LogP contribution in [-0.4, -0.2) is 78.6 Å². The van der Waals surface area contributed by atoms with Crippen molar-refractivity contribution in [2.75, 3.05) is 62.4 Å². The molecule has 2 aliphatic rings. The van der Waals surface area contributed by atoms with Gasteiger partial charge in [-0.2, -0.15) is 15.0 Å². The molecule has 3 N–H and O–H groups in total. The topological polar surface area (TPSA) is 127 Å². The van der Waals surface area contributed by atoms with Gasteiger partial charge in [0.25, 0.3) is 5.91 Å². The molecule has 10 heteroatoms. The molecule has 0 radical (unpaired) electrons. The summed E-state index contributed by atoms with van der Waals surface area (Å²) in [6.07, 6.45) is 0. The summed E-state index contributed by atoms with van der Waals surface area (Å²) in [6, 6.07) is 4.57. The van der Waals surface area contributed by atoms with E-state index in [0.717, 1.165) is 0 Å². The van der Waals surface area contributed by atoms with Crippen LogP contribution >= 0.6 is 0 Å². The Bertz CT molecular complexity index is 829. The van der Waals surface area contributed by atoms with Gasteiger partial charge in [-0.25, -0.2) is 0 Å². The van der Waals surface area contributed by atoms with Crippen molar-refractivity contribution < 1.29 is 19.4 Å². The number of anilines is 2. The predicted octanol–water partition coefficient (Wildman–Crippen LogP) is 0.0163. The van der Waals surface area contributed by atoms with Gasteiger partial charge in [0.15, 0.2) is 5.82 Å². The zero-order valence-electron chi connectivity index (χ0n) is 15.4. The summed E-state index contributed by atoms with van der Waals surface area (Å²) in [5.74, 6) is 0.648. The summed E-state index contributed by atoms with van der Waals surface area (Å²) in [6.45, 7) is 5.19. The van der Waals surface area contributed by atoms with E-state index in [-0.39, 0.29) is 11.3 Å². The van der Waals surface area contributed by atoms with Crippen molar-refractivity contribution in [3.8, 4) is 17.1 Å². The van der Waals surface area contributed by atoms with Crippen LogP contribution in [0.2, 0.25) is 0 Å². The summed E-state index contributed by atoms with van der Waals surface area (Å²) >= 11 is 0. The van der Waals surface area contributed by atoms with Crippen molar-refractivity contribution in [1.82, 2.24) is 15.0 Å². The molecule has 2 aromatic rings. The average Bonchev–Trinajstić information content (AvgIpc) is 2.75. The number of aromatic hydroxyl groups is 1. The minimum Gasteiger partial charge on any atom is -0.507 e. The van der Waals surface area contributed by atoms with Gasteiger partial charge in [0.2, 0.25) is 11.9 Å². The first-order chi connectivity index (χ1) is 13.6. The smallest absolute Gasteiger partial charge is 0.252 e. The van der Waals surface area contributed by atoms with Crippen molar-refractivity contribution in [1.29, 1.82) is 0 Å². The minimum absolute atomic E-state index is 0.0266. The Hall–Kier alpha value is -2.98. The largest absolute Gasteiger partial charge is 0.507 e. The van der Waals surface area contributed by atoms with Crippen LogP contribution in [0.3, 0.4) is 0 Å². The second-order valence-corrected chi connectivity index (χ2v) is 6.55. The number of hydrogen-bond donors (Lipinski definition) is 2. The van der Waals surface area contributed by atoms with E-state index in [0.29, 0.717) is 75.9 Å². The number of nitrogens with zero attached hydrogens (tertiary/aromatic N) is 5. The fraction of sp³-hybridized carbons (Fsp3) is 0.444. The number of phenols is 1. The number of aromatic nitrogens is 3. The van der Waals surface area contributed by atoms with Crippen LogP contribution < -0.4 is 15.5 Å². The van der Waals surface area contributed by atoms with Crippen molar-refractivity contribution in [3.63, 3.8) is 0 Å². The molecule has 1 aromatic carbocycles. The third-order valence-electron chi connectivity index (χ3n) is 4.72. The maximum atomic E-state index is 11.6. The molecule has 1 amide bonds. The van der Waals surface area contributed by atoms with E-state index in [4.69, 9.17) is 15.2 Å². The third kappa shape index (κ3) is 3.82. The van der Waals surface area contributed by atoms with Crippen molar-refractivity contribution in [3.05, 3.63) is 23.8 Å². The van der Waals surface area contributed by atoms with E-state index in [1.54, 1.807) is 6.07 Å². The Morgan fingerprint density at radius 1 is 0.929 bits per heavy atom. The third-order valence-corrected chi connectivity index (χ3v) is 4.72. The Morgan fingerprint density at radius 2 is 1.46 bits per heavy atom. The lowest BCUT2D eigenvalue weighted by molar-refractivity contribution is 0.0997. The highest BCUT2D eigenvalue weighted by molar-refractivity contribution is 5.96. The second-order valence-electron chi connectivity index (χ2n) is 6.55. The van der Waals surface area contributed by atoms with Gasteiger partial charge in [-0.15, -0.1) is 0 Å². The number of morpholine rings is 2. The van der Waals surface area contributed by atoms with Gasteiger partial charge >= 0.3 is 0 Å². The number of amides is 1. The highest BCUT2D eigenvalue weighted by Gasteiger charge is 2.21. The molecule has 4 rings (SSSR count). The molecule has 2 aliphatic heterocycles. The van der Waals surface area contributed by atoms with E-state index in [2.05, 4.69) is 15.0 Å². The van der Waals surface area contributed by atoms with Gasteiger partial charge in [0, 0.05) is 31.7 Å². The molecule has 0 spiro atoms. The lowest BCUT2D eigenvalue weighted by atomic mass is 10.1. The van der Waals surface area contributed by atoms with Gasteiger partial charge in [-0.05, 0) is 18.2 Å². The van der Waals surface area contributed by atoms with Crippen LogP contribution in [0.15, 0.2) is 18.2 Å². The molecule has 2 saturated heterocycles. The molecule has 0 aliphatic carbocycles. The van der Waals surface area contributed by atoms with Crippen LogP contribution in [0.25, 0.3) is 11.4 Å². The van der Waals surface area contributed by atoms with E-state index in [1.165, 1.54) is 12.1 Å². The molecule has 3 heterocycles. The Labute approximate surface area is 161 Å². The molecule has 0 bridgehead atoms. The molecule has 0 atom stereocenters. The molecule has 1 aromatic heterocycles. The molecule has 148 valence electrons. The highest BCUT2D eigenvalue weighted by atomic mass is 16.5. The quantitative estimate of drug-likeness (QED) is 0.747. The van der Waals surface area contributed by atoms with Crippen LogP contribution in [0.1, 0.15) is 10.4 Å². The molecular formula is C18H22N6O4. The fourth-order valence-corrected chi connectivity index (χ4v) is 3.17. The van der Waals surface area contributed by atoms with Crippen molar-refractivity contribution in [2.24, 2.45) is 5.73 Å². The molecular weight excluding hydrogens is 364 g/mol. The van der Waals surface area contributed by atoms with Gasteiger partial charge in [-0.1, -0.05) is 0 Å². The molecule has 10 nitrogen and oxygen atoms in total.